The standard InChI is InChI=1S/C59H109NO5/c1-3-5-7-9-11-13-15-17-19-21-23-27-31-35-39-43-47-51-57(62)56(55-61)60-58(63)52-48-44-40-36-32-28-24-22-26-30-34-38-42-46-50-54-65-59(64)53-49-45-41-37-33-29-25-20-18-16-14-12-10-8-6-4-2/h14,16,20,25-26,30,47,51,56-57,61-62H,3-13,15,17-19,21-24,27-29,31-46,48-50,52-55H2,1-2H3,(H,60,63)/b16-14-,25-20-,30-26-,51-47+. The molecule has 0 saturated carbocycles. The van der Waals surface area contributed by atoms with Gasteiger partial charge in [-0.1, -0.05) is 236 Å². The average Bonchev–Trinajstić information content (AvgIpc) is 3.31. The van der Waals surface area contributed by atoms with Gasteiger partial charge in [0, 0.05) is 12.8 Å². The number of allylic oxidation sites excluding steroid dienone is 7. The number of carbonyl (C=O) groups is 2. The number of nitrogens with one attached hydrogen (secondary N) is 1. The summed E-state index contributed by atoms with van der Waals surface area (Å²) in [6.45, 7) is 4.85. The second-order valence-electron chi connectivity index (χ2n) is 19.3. The summed E-state index contributed by atoms with van der Waals surface area (Å²) < 4.78 is 5.46. The Bertz CT molecular complexity index is 1100. The lowest BCUT2D eigenvalue weighted by molar-refractivity contribution is -0.143. The highest BCUT2D eigenvalue weighted by atomic mass is 16.5. The van der Waals surface area contributed by atoms with Crippen LogP contribution in [-0.2, 0) is 14.3 Å². The van der Waals surface area contributed by atoms with E-state index in [1.807, 2.05) is 6.08 Å². The van der Waals surface area contributed by atoms with Gasteiger partial charge in [-0.2, -0.15) is 0 Å². The van der Waals surface area contributed by atoms with Crippen molar-refractivity contribution < 1.29 is 24.5 Å². The van der Waals surface area contributed by atoms with Crippen LogP contribution < -0.4 is 5.32 Å². The first-order valence-electron chi connectivity index (χ1n) is 28.4. The van der Waals surface area contributed by atoms with Crippen LogP contribution in [0.15, 0.2) is 48.6 Å². The monoisotopic (exact) mass is 912 g/mol. The Hall–Kier alpha value is -2.18. The molecule has 0 aromatic rings. The van der Waals surface area contributed by atoms with E-state index < -0.39 is 12.1 Å². The van der Waals surface area contributed by atoms with E-state index in [0.29, 0.717) is 19.4 Å². The van der Waals surface area contributed by atoms with Gasteiger partial charge in [0.05, 0.1) is 25.4 Å². The summed E-state index contributed by atoms with van der Waals surface area (Å²) in [4.78, 5) is 24.5. The minimum atomic E-state index is -0.856. The number of rotatable bonds is 52. The maximum absolute atomic E-state index is 12.5. The average molecular weight is 913 g/mol. The Kier molecular flexibility index (Phi) is 52.6. The van der Waals surface area contributed by atoms with Crippen LogP contribution in [0.3, 0.4) is 0 Å². The molecule has 0 aliphatic carbocycles. The Morgan fingerprint density at radius 1 is 0.431 bits per heavy atom. The highest BCUT2D eigenvalue weighted by molar-refractivity contribution is 5.76. The van der Waals surface area contributed by atoms with E-state index in [-0.39, 0.29) is 18.5 Å². The normalized spacial score (nSPS) is 13.0. The fraction of sp³-hybridized carbons (Fsp3) is 0.831. The summed E-state index contributed by atoms with van der Waals surface area (Å²) in [6.07, 6.45) is 68.3. The first-order chi connectivity index (χ1) is 32.0. The number of aliphatic hydroxyl groups excluding tert-OH is 2. The van der Waals surface area contributed by atoms with Crippen molar-refractivity contribution in [2.45, 2.75) is 302 Å². The number of ether oxygens (including phenoxy) is 1. The molecule has 65 heavy (non-hydrogen) atoms. The van der Waals surface area contributed by atoms with Crippen LogP contribution in [0.1, 0.15) is 290 Å². The smallest absolute Gasteiger partial charge is 0.305 e. The molecular formula is C59H109NO5. The summed E-state index contributed by atoms with van der Waals surface area (Å²) in [6, 6.07) is -0.641. The van der Waals surface area contributed by atoms with Crippen molar-refractivity contribution in [3.05, 3.63) is 48.6 Å². The van der Waals surface area contributed by atoms with E-state index in [1.54, 1.807) is 6.08 Å². The number of carbonyl (C=O) groups excluding carboxylic acids is 2. The number of aliphatic hydroxyl groups is 2. The second kappa shape index (κ2) is 54.4. The minimum Gasteiger partial charge on any atom is -0.466 e. The second-order valence-corrected chi connectivity index (χ2v) is 19.3. The summed E-state index contributed by atoms with van der Waals surface area (Å²) in [7, 11) is 0. The highest BCUT2D eigenvalue weighted by Crippen LogP contribution is 2.16. The molecular weight excluding hydrogens is 803 g/mol. The van der Waals surface area contributed by atoms with Gasteiger partial charge in [0.2, 0.25) is 5.91 Å². The number of hydrogen-bond acceptors (Lipinski definition) is 5. The molecule has 0 radical (unpaired) electrons. The van der Waals surface area contributed by atoms with Crippen LogP contribution >= 0.6 is 0 Å². The molecule has 0 rings (SSSR count). The maximum Gasteiger partial charge on any atom is 0.305 e. The van der Waals surface area contributed by atoms with Gasteiger partial charge in [0.15, 0.2) is 0 Å². The van der Waals surface area contributed by atoms with Crippen molar-refractivity contribution in [1.82, 2.24) is 5.32 Å². The molecule has 6 heteroatoms. The van der Waals surface area contributed by atoms with Crippen LogP contribution in [-0.4, -0.2) is 47.4 Å². The quantitative estimate of drug-likeness (QED) is 0.0321. The maximum atomic E-state index is 12.5. The Balaban J connectivity index is 3.52. The third-order valence-corrected chi connectivity index (χ3v) is 12.8. The van der Waals surface area contributed by atoms with E-state index >= 15 is 0 Å². The molecule has 3 N–H and O–H groups in total. The third kappa shape index (κ3) is 51.1. The predicted molar refractivity (Wildman–Crippen MR) is 282 cm³/mol. The summed E-state index contributed by atoms with van der Waals surface area (Å²) in [5.74, 6) is -0.109. The van der Waals surface area contributed by atoms with Gasteiger partial charge in [-0.15, -0.1) is 0 Å². The molecule has 2 unspecified atom stereocenters. The number of amides is 1. The Morgan fingerprint density at radius 3 is 1.20 bits per heavy atom. The van der Waals surface area contributed by atoms with E-state index in [1.165, 1.54) is 180 Å². The SMILES string of the molecule is CCCCCC/C=C\C/C=C\CCCCCCCC(=O)OCCCCCC/C=C\CCCCCCCCCC(=O)NC(CO)C(O)/C=C/CCCCCCCCCCCCCCCCC. The van der Waals surface area contributed by atoms with Gasteiger partial charge >= 0.3 is 5.97 Å². The minimum absolute atomic E-state index is 0.0251. The Morgan fingerprint density at radius 2 is 0.769 bits per heavy atom. The van der Waals surface area contributed by atoms with E-state index in [0.717, 1.165) is 83.5 Å². The molecule has 380 valence electrons. The van der Waals surface area contributed by atoms with Crippen LogP contribution in [0.5, 0.6) is 0 Å². The van der Waals surface area contributed by atoms with Crippen molar-refractivity contribution in [3.8, 4) is 0 Å². The van der Waals surface area contributed by atoms with Gasteiger partial charge in [0.25, 0.3) is 0 Å². The molecule has 0 heterocycles. The van der Waals surface area contributed by atoms with Crippen LogP contribution in [0.2, 0.25) is 0 Å². The Labute approximate surface area is 404 Å². The molecule has 0 aromatic carbocycles. The fourth-order valence-corrected chi connectivity index (χ4v) is 8.42. The first-order valence-corrected chi connectivity index (χ1v) is 28.4. The van der Waals surface area contributed by atoms with Gasteiger partial charge in [-0.3, -0.25) is 9.59 Å². The zero-order valence-corrected chi connectivity index (χ0v) is 43.2. The summed E-state index contributed by atoms with van der Waals surface area (Å²) in [5, 5.41) is 23.1. The topological polar surface area (TPSA) is 95.9 Å². The molecule has 2 atom stereocenters. The zero-order chi connectivity index (χ0) is 47.2. The largest absolute Gasteiger partial charge is 0.466 e. The summed E-state index contributed by atoms with van der Waals surface area (Å²) in [5.41, 5.74) is 0. The first kappa shape index (κ1) is 62.8. The van der Waals surface area contributed by atoms with Crippen molar-refractivity contribution >= 4 is 11.9 Å². The van der Waals surface area contributed by atoms with Gasteiger partial charge in [-0.05, 0) is 89.9 Å². The molecule has 0 bridgehead atoms. The molecule has 0 aliphatic rings. The molecule has 0 aliphatic heterocycles. The zero-order valence-electron chi connectivity index (χ0n) is 43.2. The molecule has 0 aromatic heterocycles. The van der Waals surface area contributed by atoms with Crippen molar-refractivity contribution in [2.24, 2.45) is 0 Å². The van der Waals surface area contributed by atoms with Crippen molar-refractivity contribution in [1.29, 1.82) is 0 Å². The lowest BCUT2D eigenvalue weighted by atomic mass is 10.0. The van der Waals surface area contributed by atoms with E-state index in [4.69, 9.17) is 4.74 Å². The molecule has 0 saturated heterocycles. The highest BCUT2D eigenvalue weighted by Gasteiger charge is 2.18. The molecule has 1 amide bonds. The number of esters is 1. The van der Waals surface area contributed by atoms with E-state index in [9.17, 15) is 19.8 Å². The molecule has 6 nitrogen and oxygen atoms in total. The predicted octanol–water partition coefficient (Wildman–Crippen LogP) is 17.4. The van der Waals surface area contributed by atoms with Gasteiger partial charge < -0.3 is 20.3 Å². The van der Waals surface area contributed by atoms with Gasteiger partial charge in [-0.25, -0.2) is 0 Å². The van der Waals surface area contributed by atoms with E-state index in [2.05, 4.69) is 55.6 Å². The van der Waals surface area contributed by atoms with Crippen molar-refractivity contribution in [2.75, 3.05) is 13.2 Å². The fourth-order valence-electron chi connectivity index (χ4n) is 8.42. The van der Waals surface area contributed by atoms with Crippen molar-refractivity contribution in [3.63, 3.8) is 0 Å². The lowest BCUT2D eigenvalue weighted by Gasteiger charge is -2.20. The van der Waals surface area contributed by atoms with Crippen LogP contribution in [0.25, 0.3) is 0 Å². The lowest BCUT2D eigenvalue weighted by Crippen LogP contribution is -2.45. The summed E-state index contributed by atoms with van der Waals surface area (Å²) >= 11 is 0. The third-order valence-electron chi connectivity index (χ3n) is 12.8. The number of unbranched alkanes of at least 4 members (excludes halogenated alkanes) is 35. The molecule has 0 fully saturated rings. The van der Waals surface area contributed by atoms with Crippen LogP contribution in [0, 0.1) is 0 Å². The number of hydrogen-bond donors (Lipinski definition) is 3. The molecule has 0 spiro atoms. The van der Waals surface area contributed by atoms with Crippen LogP contribution in [0.4, 0.5) is 0 Å². The van der Waals surface area contributed by atoms with Gasteiger partial charge in [0.1, 0.15) is 0 Å².